The van der Waals surface area contributed by atoms with Crippen LogP contribution in [-0.2, 0) is 9.53 Å². The molecule has 1 atom stereocenters. The standard InChI is InChI=1S/C12H13FN2O5/c1-6-4-8(15(18)19)5-9(10(6)13)11(16)14-7(2)12(17)20-3/h4-5,7H,1-3H3,(H,14,16). The highest BCUT2D eigenvalue weighted by molar-refractivity contribution is 5.97. The first-order valence-electron chi connectivity index (χ1n) is 5.61. The Bertz CT molecular complexity index is 573. The Morgan fingerprint density at radius 1 is 1.45 bits per heavy atom. The summed E-state index contributed by atoms with van der Waals surface area (Å²) in [6, 6.07) is 0.851. The third-order valence-corrected chi connectivity index (χ3v) is 2.60. The van der Waals surface area contributed by atoms with E-state index in [4.69, 9.17) is 0 Å². The van der Waals surface area contributed by atoms with Crippen LogP contribution < -0.4 is 5.32 Å². The lowest BCUT2D eigenvalue weighted by molar-refractivity contribution is -0.385. The largest absolute Gasteiger partial charge is 0.467 e. The van der Waals surface area contributed by atoms with Crippen LogP contribution in [0.3, 0.4) is 0 Å². The predicted molar refractivity (Wildman–Crippen MR) is 66.7 cm³/mol. The molecule has 0 aromatic heterocycles. The third-order valence-electron chi connectivity index (χ3n) is 2.60. The summed E-state index contributed by atoms with van der Waals surface area (Å²) in [5.41, 5.74) is -0.928. The molecule has 0 bridgehead atoms. The molecule has 0 fully saturated rings. The number of esters is 1. The number of nitro benzene ring substituents is 1. The second-order valence-electron chi connectivity index (χ2n) is 4.10. The Morgan fingerprint density at radius 3 is 2.55 bits per heavy atom. The van der Waals surface area contributed by atoms with Gasteiger partial charge in [0.15, 0.2) is 0 Å². The minimum atomic E-state index is -0.994. The van der Waals surface area contributed by atoms with Crippen LogP contribution >= 0.6 is 0 Å². The van der Waals surface area contributed by atoms with Crippen LogP contribution in [-0.4, -0.2) is 30.0 Å². The van der Waals surface area contributed by atoms with Crippen molar-refractivity contribution in [1.29, 1.82) is 0 Å². The fourth-order valence-electron chi connectivity index (χ4n) is 1.53. The number of benzene rings is 1. The van der Waals surface area contributed by atoms with E-state index in [1.165, 1.54) is 13.8 Å². The second-order valence-corrected chi connectivity index (χ2v) is 4.10. The number of carbonyl (C=O) groups excluding carboxylic acids is 2. The summed E-state index contributed by atoms with van der Waals surface area (Å²) in [5.74, 6) is -2.50. The Balaban J connectivity index is 3.09. The summed E-state index contributed by atoms with van der Waals surface area (Å²) in [5, 5.41) is 12.9. The van der Waals surface area contributed by atoms with Gasteiger partial charge in [-0.05, 0) is 19.4 Å². The lowest BCUT2D eigenvalue weighted by atomic mass is 10.1. The molecule has 0 aliphatic carbocycles. The Morgan fingerprint density at radius 2 is 2.05 bits per heavy atom. The van der Waals surface area contributed by atoms with E-state index < -0.39 is 39.9 Å². The molecule has 1 N–H and O–H groups in total. The third kappa shape index (κ3) is 3.28. The van der Waals surface area contributed by atoms with Crippen LogP contribution in [0.1, 0.15) is 22.8 Å². The van der Waals surface area contributed by atoms with Gasteiger partial charge in [0.1, 0.15) is 11.9 Å². The molecule has 8 heteroatoms. The lowest BCUT2D eigenvalue weighted by Crippen LogP contribution is -2.39. The van der Waals surface area contributed by atoms with Gasteiger partial charge >= 0.3 is 5.97 Å². The molecule has 7 nitrogen and oxygen atoms in total. The minimum Gasteiger partial charge on any atom is -0.467 e. The maximum atomic E-state index is 13.8. The van der Waals surface area contributed by atoms with Crippen molar-refractivity contribution >= 4 is 17.6 Å². The first-order valence-corrected chi connectivity index (χ1v) is 5.61. The summed E-state index contributed by atoms with van der Waals surface area (Å²) < 4.78 is 18.2. The van der Waals surface area contributed by atoms with Crippen LogP contribution in [0.2, 0.25) is 0 Å². The molecule has 0 radical (unpaired) electrons. The van der Waals surface area contributed by atoms with E-state index >= 15 is 0 Å². The van der Waals surface area contributed by atoms with E-state index in [1.54, 1.807) is 0 Å². The van der Waals surface area contributed by atoms with Crippen molar-refractivity contribution in [3.05, 3.63) is 39.2 Å². The van der Waals surface area contributed by atoms with Crippen molar-refractivity contribution in [1.82, 2.24) is 5.32 Å². The van der Waals surface area contributed by atoms with E-state index in [2.05, 4.69) is 10.1 Å². The monoisotopic (exact) mass is 284 g/mol. The molecule has 0 aliphatic rings. The van der Waals surface area contributed by atoms with Crippen molar-refractivity contribution in [3.8, 4) is 0 Å². The van der Waals surface area contributed by atoms with Gasteiger partial charge in [-0.15, -0.1) is 0 Å². The van der Waals surface area contributed by atoms with Gasteiger partial charge in [-0.25, -0.2) is 9.18 Å². The number of aryl methyl sites for hydroxylation is 1. The van der Waals surface area contributed by atoms with Crippen molar-refractivity contribution in [2.24, 2.45) is 0 Å². The summed E-state index contributed by atoms with van der Waals surface area (Å²) in [6.45, 7) is 2.66. The van der Waals surface area contributed by atoms with Gasteiger partial charge in [0.05, 0.1) is 17.6 Å². The molecule has 20 heavy (non-hydrogen) atoms. The van der Waals surface area contributed by atoms with Crippen molar-refractivity contribution in [3.63, 3.8) is 0 Å². The van der Waals surface area contributed by atoms with Gasteiger partial charge in [-0.1, -0.05) is 0 Å². The van der Waals surface area contributed by atoms with Crippen molar-refractivity contribution < 1.29 is 23.6 Å². The number of nitrogens with one attached hydrogen (secondary N) is 1. The van der Waals surface area contributed by atoms with Gasteiger partial charge in [-0.3, -0.25) is 14.9 Å². The smallest absolute Gasteiger partial charge is 0.328 e. The zero-order chi connectivity index (χ0) is 15.4. The van der Waals surface area contributed by atoms with Crippen LogP contribution in [0.15, 0.2) is 12.1 Å². The predicted octanol–water partition coefficient (Wildman–Crippen LogP) is 1.33. The molecule has 0 heterocycles. The van der Waals surface area contributed by atoms with E-state index in [-0.39, 0.29) is 5.56 Å². The molecule has 1 rings (SSSR count). The normalized spacial score (nSPS) is 11.6. The fourth-order valence-corrected chi connectivity index (χ4v) is 1.53. The van der Waals surface area contributed by atoms with E-state index in [0.717, 1.165) is 19.2 Å². The number of methoxy groups -OCH3 is 1. The molecule has 108 valence electrons. The number of ether oxygens (including phenoxy) is 1. The quantitative estimate of drug-likeness (QED) is 0.511. The summed E-state index contributed by atoms with van der Waals surface area (Å²) >= 11 is 0. The highest BCUT2D eigenvalue weighted by Gasteiger charge is 2.23. The van der Waals surface area contributed by atoms with E-state index in [0.29, 0.717) is 0 Å². The second kappa shape index (κ2) is 6.09. The van der Waals surface area contributed by atoms with Gasteiger partial charge < -0.3 is 10.1 Å². The number of carbonyl (C=O) groups is 2. The van der Waals surface area contributed by atoms with Gasteiger partial charge in [0, 0.05) is 12.1 Å². The summed E-state index contributed by atoms with van der Waals surface area (Å²) in [7, 11) is 1.14. The summed E-state index contributed by atoms with van der Waals surface area (Å²) in [6.07, 6.45) is 0. The SMILES string of the molecule is COC(=O)C(C)NC(=O)c1cc([N+](=O)[O-])cc(C)c1F. The molecular weight excluding hydrogens is 271 g/mol. The molecule has 1 amide bonds. The maximum Gasteiger partial charge on any atom is 0.328 e. The Kier molecular flexibility index (Phi) is 4.73. The molecule has 0 aliphatic heterocycles. The number of hydrogen-bond donors (Lipinski definition) is 1. The number of nitrogens with zero attached hydrogens (tertiary/aromatic N) is 1. The first-order chi connectivity index (χ1) is 9.27. The fraction of sp³-hybridized carbons (Fsp3) is 0.333. The maximum absolute atomic E-state index is 13.8. The van der Waals surface area contributed by atoms with Gasteiger partial charge in [0.2, 0.25) is 0 Å². The topological polar surface area (TPSA) is 98.5 Å². The molecule has 1 aromatic rings. The number of halogens is 1. The Labute approximate surface area is 113 Å². The van der Waals surface area contributed by atoms with Crippen LogP contribution in [0.4, 0.5) is 10.1 Å². The molecule has 0 saturated carbocycles. The van der Waals surface area contributed by atoms with E-state index in [1.807, 2.05) is 0 Å². The molecular formula is C12H13FN2O5. The van der Waals surface area contributed by atoms with Crippen molar-refractivity contribution in [2.75, 3.05) is 7.11 Å². The number of non-ortho nitro benzene ring substituents is 1. The number of amides is 1. The van der Waals surface area contributed by atoms with Crippen LogP contribution in [0, 0.1) is 22.9 Å². The van der Waals surface area contributed by atoms with Crippen molar-refractivity contribution in [2.45, 2.75) is 19.9 Å². The van der Waals surface area contributed by atoms with Crippen LogP contribution in [0.5, 0.6) is 0 Å². The minimum absolute atomic E-state index is 0.0323. The average Bonchev–Trinajstić information content (AvgIpc) is 2.39. The highest BCUT2D eigenvalue weighted by atomic mass is 19.1. The number of rotatable bonds is 4. The average molecular weight is 284 g/mol. The molecule has 1 aromatic carbocycles. The molecule has 0 saturated heterocycles. The molecule has 1 unspecified atom stereocenters. The van der Waals surface area contributed by atoms with Gasteiger partial charge in [-0.2, -0.15) is 0 Å². The zero-order valence-corrected chi connectivity index (χ0v) is 11.1. The zero-order valence-electron chi connectivity index (χ0n) is 11.1. The molecule has 0 spiro atoms. The number of hydrogen-bond acceptors (Lipinski definition) is 5. The summed E-state index contributed by atoms with van der Waals surface area (Å²) in [4.78, 5) is 33.0. The van der Waals surface area contributed by atoms with E-state index in [9.17, 15) is 24.1 Å². The van der Waals surface area contributed by atoms with Gasteiger partial charge in [0.25, 0.3) is 11.6 Å². The Hall–Kier alpha value is -2.51. The van der Waals surface area contributed by atoms with Crippen LogP contribution in [0.25, 0.3) is 0 Å². The lowest BCUT2D eigenvalue weighted by Gasteiger charge is -2.12. The highest BCUT2D eigenvalue weighted by Crippen LogP contribution is 2.21. The first kappa shape index (κ1) is 15.5. The number of nitro groups is 1.